The highest BCUT2D eigenvalue weighted by Crippen LogP contribution is 2.38. The minimum atomic E-state index is -0.456. The van der Waals surface area contributed by atoms with Crippen LogP contribution in [0.15, 0.2) is 52.7 Å². The van der Waals surface area contributed by atoms with Gasteiger partial charge in [-0.15, -0.1) is 0 Å². The number of fused-ring (bicyclic) bond motifs is 1. The molecule has 1 N–H and O–H groups in total. The molecular weight excluding hydrogens is 360 g/mol. The monoisotopic (exact) mass is 382 g/mol. The van der Waals surface area contributed by atoms with Gasteiger partial charge in [-0.1, -0.05) is 12.2 Å². The number of hydrogen-bond acceptors (Lipinski definition) is 7. The number of aliphatic imine (C=N–C) groups is 1. The average Bonchev–Trinajstić information content (AvgIpc) is 3.40. The second-order valence-electron chi connectivity index (χ2n) is 6.64. The first-order valence-electron chi connectivity index (χ1n) is 9.00. The van der Waals surface area contributed by atoms with E-state index in [1.165, 1.54) is 21.3 Å². The van der Waals surface area contributed by atoms with Crippen LogP contribution >= 0.6 is 0 Å². The summed E-state index contributed by atoms with van der Waals surface area (Å²) in [6, 6.07) is 2.86. The zero-order valence-corrected chi connectivity index (χ0v) is 16.0. The number of ether oxygens (including phenoxy) is 4. The first-order chi connectivity index (χ1) is 13.6. The molecule has 7 nitrogen and oxygen atoms in total. The fourth-order valence-corrected chi connectivity index (χ4v) is 3.57. The van der Waals surface area contributed by atoms with Gasteiger partial charge in [0.25, 0.3) is 0 Å². The SMILES string of the molecule is COc1cc(C(=O)C2COC(C3=CC=C4C=CN=C4C3)N2)cc(OC)c1OC. The van der Waals surface area contributed by atoms with E-state index in [1.54, 1.807) is 18.3 Å². The van der Waals surface area contributed by atoms with Crippen LogP contribution in [0.25, 0.3) is 0 Å². The Morgan fingerprint density at radius 2 is 1.89 bits per heavy atom. The maximum Gasteiger partial charge on any atom is 0.203 e. The Bertz CT molecular complexity index is 904. The molecule has 4 rings (SSSR count). The summed E-state index contributed by atoms with van der Waals surface area (Å²) < 4.78 is 21.9. The van der Waals surface area contributed by atoms with E-state index >= 15 is 0 Å². The van der Waals surface area contributed by atoms with Crippen molar-refractivity contribution < 1.29 is 23.7 Å². The highest BCUT2D eigenvalue weighted by atomic mass is 16.5. The van der Waals surface area contributed by atoms with Gasteiger partial charge in [0.05, 0.1) is 39.7 Å². The lowest BCUT2D eigenvalue weighted by Crippen LogP contribution is -2.38. The zero-order chi connectivity index (χ0) is 19.7. The fraction of sp³-hybridized carbons (Fsp3) is 0.333. The lowest BCUT2D eigenvalue weighted by Gasteiger charge is -2.19. The van der Waals surface area contributed by atoms with Crippen LogP contribution in [0.2, 0.25) is 0 Å². The molecule has 2 atom stereocenters. The number of rotatable bonds is 6. The number of carbonyl (C=O) groups is 1. The molecule has 2 aliphatic heterocycles. The van der Waals surface area contributed by atoms with E-state index in [0.717, 1.165) is 16.9 Å². The van der Waals surface area contributed by atoms with Crippen LogP contribution in [-0.4, -0.2) is 51.7 Å². The molecule has 3 aliphatic rings. The van der Waals surface area contributed by atoms with Crippen LogP contribution < -0.4 is 19.5 Å². The van der Waals surface area contributed by atoms with Gasteiger partial charge < -0.3 is 18.9 Å². The first kappa shape index (κ1) is 18.5. The Morgan fingerprint density at radius 1 is 1.14 bits per heavy atom. The number of hydrogen-bond donors (Lipinski definition) is 1. The van der Waals surface area contributed by atoms with Crippen LogP contribution in [0.1, 0.15) is 16.8 Å². The average molecular weight is 382 g/mol. The van der Waals surface area contributed by atoms with Gasteiger partial charge in [0, 0.05) is 18.2 Å². The van der Waals surface area contributed by atoms with E-state index in [0.29, 0.717) is 35.8 Å². The highest BCUT2D eigenvalue weighted by molar-refractivity contribution is 6.07. The molecule has 0 radical (unpaired) electrons. The van der Waals surface area contributed by atoms with Gasteiger partial charge >= 0.3 is 0 Å². The number of nitrogens with one attached hydrogen (secondary N) is 1. The van der Waals surface area contributed by atoms with Gasteiger partial charge in [0.2, 0.25) is 5.75 Å². The van der Waals surface area contributed by atoms with Crippen molar-refractivity contribution in [2.75, 3.05) is 27.9 Å². The number of allylic oxidation sites excluding steroid dienone is 4. The quantitative estimate of drug-likeness (QED) is 0.762. The number of carbonyl (C=O) groups excluding carboxylic acids is 1. The molecule has 28 heavy (non-hydrogen) atoms. The Morgan fingerprint density at radius 3 is 2.57 bits per heavy atom. The molecule has 146 valence electrons. The van der Waals surface area contributed by atoms with Gasteiger partial charge in [0.15, 0.2) is 17.3 Å². The molecule has 1 aromatic rings. The summed E-state index contributed by atoms with van der Waals surface area (Å²) >= 11 is 0. The Hall–Kier alpha value is -2.90. The van der Waals surface area contributed by atoms with Crippen LogP contribution in [-0.2, 0) is 4.74 Å². The summed E-state index contributed by atoms with van der Waals surface area (Å²) in [5.41, 5.74) is 3.70. The molecule has 1 saturated heterocycles. The molecule has 1 aromatic carbocycles. The summed E-state index contributed by atoms with van der Waals surface area (Å²) in [5.74, 6) is 1.25. The van der Waals surface area contributed by atoms with E-state index in [-0.39, 0.29) is 12.0 Å². The highest BCUT2D eigenvalue weighted by Gasteiger charge is 2.34. The Labute approximate surface area is 163 Å². The first-order valence-corrected chi connectivity index (χ1v) is 9.00. The summed E-state index contributed by atoms with van der Waals surface area (Å²) in [7, 11) is 4.58. The minimum Gasteiger partial charge on any atom is -0.493 e. The Kier molecular flexibility index (Phi) is 5.02. The van der Waals surface area contributed by atoms with E-state index in [1.807, 2.05) is 18.2 Å². The third-order valence-electron chi connectivity index (χ3n) is 5.05. The van der Waals surface area contributed by atoms with Gasteiger partial charge in [-0.3, -0.25) is 15.1 Å². The molecule has 7 heteroatoms. The van der Waals surface area contributed by atoms with E-state index in [9.17, 15) is 4.79 Å². The van der Waals surface area contributed by atoms with Crippen molar-refractivity contribution in [3.05, 3.63) is 53.3 Å². The second kappa shape index (κ2) is 7.61. The fourth-order valence-electron chi connectivity index (χ4n) is 3.57. The van der Waals surface area contributed by atoms with Crippen molar-refractivity contribution in [3.63, 3.8) is 0 Å². The summed E-state index contributed by atoms with van der Waals surface area (Å²) in [4.78, 5) is 17.4. The standard InChI is InChI=1S/C21H22N2O5/c1-25-17-9-14(10-18(26-2)20(17)27-3)19(24)16-11-28-21(23-16)13-5-4-12-6-7-22-15(12)8-13/h4-7,9-10,16,21,23H,8,11H2,1-3H3. The molecule has 0 saturated carbocycles. The predicted molar refractivity (Wildman–Crippen MR) is 104 cm³/mol. The van der Waals surface area contributed by atoms with Crippen molar-refractivity contribution in [1.29, 1.82) is 0 Å². The van der Waals surface area contributed by atoms with Crippen molar-refractivity contribution in [2.45, 2.75) is 18.7 Å². The molecule has 1 aliphatic carbocycles. The van der Waals surface area contributed by atoms with Crippen LogP contribution in [0.5, 0.6) is 17.2 Å². The molecule has 0 bridgehead atoms. The Balaban J connectivity index is 1.51. The van der Waals surface area contributed by atoms with Crippen molar-refractivity contribution in [3.8, 4) is 17.2 Å². The predicted octanol–water partition coefficient (Wildman–Crippen LogP) is 2.43. The summed E-state index contributed by atoms with van der Waals surface area (Å²) in [6.45, 7) is 0.290. The minimum absolute atomic E-state index is 0.0886. The lowest BCUT2D eigenvalue weighted by molar-refractivity contribution is 0.0933. The number of benzene rings is 1. The molecular formula is C21H22N2O5. The van der Waals surface area contributed by atoms with Crippen LogP contribution in [0, 0.1) is 0 Å². The van der Waals surface area contributed by atoms with Gasteiger partial charge in [-0.05, 0) is 29.4 Å². The maximum atomic E-state index is 13.0. The van der Waals surface area contributed by atoms with E-state index < -0.39 is 6.04 Å². The molecule has 0 aromatic heterocycles. The van der Waals surface area contributed by atoms with Crippen molar-refractivity contribution in [2.24, 2.45) is 4.99 Å². The van der Waals surface area contributed by atoms with Crippen molar-refractivity contribution >= 4 is 11.5 Å². The maximum absolute atomic E-state index is 13.0. The number of Topliss-reactive ketones (excluding diaryl/α,β-unsaturated/α-hetero) is 1. The molecule has 0 amide bonds. The van der Waals surface area contributed by atoms with Gasteiger partial charge in [-0.25, -0.2) is 0 Å². The van der Waals surface area contributed by atoms with Gasteiger partial charge in [0.1, 0.15) is 6.23 Å². The number of methoxy groups -OCH3 is 3. The summed E-state index contributed by atoms with van der Waals surface area (Å²) in [6.07, 6.45) is 8.26. The molecule has 0 spiro atoms. The van der Waals surface area contributed by atoms with Crippen LogP contribution in [0.4, 0.5) is 0 Å². The van der Waals surface area contributed by atoms with Gasteiger partial charge in [-0.2, -0.15) is 0 Å². The number of ketones is 1. The second-order valence-corrected chi connectivity index (χ2v) is 6.64. The van der Waals surface area contributed by atoms with Crippen LogP contribution in [0.3, 0.4) is 0 Å². The molecule has 2 heterocycles. The summed E-state index contributed by atoms with van der Waals surface area (Å²) in [5, 5.41) is 3.28. The smallest absolute Gasteiger partial charge is 0.203 e. The molecule has 2 unspecified atom stereocenters. The largest absolute Gasteiger partial charge is 0.493 e. The lowest BCUT2D eigenvalue weighted by atomic mass is 9.96. The van der Waals surface area contributed by atoms with E-state index in [2.05, 4.69) is 10.3 Å². The number of nitrogens with zero attached hydrogens (tertiary/aromatic N) is 1. The third-order valence-corrected chi connectivity index (χ3v) is 5.05. The normalized spacial score (nSPS) is 22.9. The van der Waals surface area contributed by atoms with Crippen molar-refractivity contribution in [1.82, 2.24) is 5.32 Å². The topological polar surface area (TPSA) is 78.4 Å². The molecule has 1 fully saturated rings. The van der Waals surface area contributed by atoms with E-state index in [4.69, 9.17) is 18.9 Å². The third kappa shape index (κ3) is 3.23. The zero-order valence-electron chi connectivity index (χ0n) is 16.0.